The van der Waals surface area contributed by atoms with E-state index in [4.69, 9.17) is 18.9 Å². The van der Waals surface area contributed by atoms with E-state index in [1.807, 2.05) is 0 Å². The molecule has 0 unspecified atom stereocenters. The molecule has 4 heteroatoms. The second-order valence-corrected chi connectivity index (χ2v) is 3.83. The molecule has 0 heterocycles. The van der Waals surface area contributed by atoms with Crippen LogP contribution in [-0.2, 0) is 18.9 Å². The van der Waals surface area contributed by atoms with Crippen LogP contribution in [0.5, 0.6) is 0 Å². The van der Waals surface area contributed by atoms with Crippen molar-refractivity contribution in [2.24, 2.45) is 0 Å². The van der Waals surface area contributed by atoms with E-state index in [9.17, 15) is 0 Å². The van der Waals surface area contributed by atoms with Crippen LogP contribution in [0.4, 0.5) is 0 Å². The zero-order valence-corrected chi connectivity index (χ0v) is 11.2. The van der Waals surface area contributed by atoms with Crippen molar-refractivity contribution in [3.05, 3.63) is 0 Å². The van der Waals surface area contributed by atoms with E-state index < -0.39 is 12.1 Å². The normalized spacial score (nSPS) is 12.4. The third kappa shape index (κ3) is 4.37. The lowest BCUT2D eigenvalue weighted by molar-refractivity contribution is -0.329. The van der Waals surface area contributed by atoms with E-state index in [1.54, 1.807) is 28.4 Å². The van der Waals surface area contributed by atoms with Crippen LogP contribution in [-0.4, -0.2) is 40.5 Å². The Bertz CT molecular complexity index is 153. The fourth-order valence-corrected chi connectivity index (χ4v) is 1.85. The summed E-state index contributed by atoms with van der Waals surface area (Å²) in [6.07, 6.45) is 4.93. The minimum atomic E-state index is -0.794. The second-order valence-electron chi connectivity index (χ2n) is 3.83. The highest BCUT2D eigenvalue weighted by molar-refractivity contribution is 4.73. The second kappa shape index (κ2) is 8.93. The first-order chi connectivity index (χ1) is 7.70. The van der Waals surface area contributed by atoms with Crippen LogP contribution in [0.3, 0.4) is 0 Å². The highest BCUT2D eigenvalue weighted by Gasteiger charge is 2.39. The molecule has 0 aromatic rings. The van der Waals surface area contributed by atoms with Crippen molar-refractivity contribution in [2.45, 2.75) is 51.1 Å². The van der Waals surface area contributed by atoms with Crippen LogP contribution < -0.4 is 0 Å². The van der Waals surface area contributed by atoms with Crippen LogP contribution >= 0.6 is 0 Å². The van der Waals surface area contributed by atoms with Gasteiger partial charge in [0.15, 0.2) is 0 Å². The standard InChI is InChI=1S/C12H26O4/c1-6-7-8-9-10-12(15-4,16-5)11(13-2)14-3/h11H,6-10H2,1-5H3. The largest absolute Gasteiger partial charge is 0.351 e. The number of ether oxygens (including phenoxy) is 4. The van der Waals surface area contributed by atoms with Gasteiger partial charge in [-0.05, 0) is 6.42 Å². The summed E-state index contributed by atoms with van der Waals surface area (Å²) in [5.74, 6) is -0.794. The third-order valence-corrected chi connectivity index (χ3v) is 2.86. The van der Waals surface area contributed by atoms with Crippen molar-refractivity contribution in [1.29, 1.82) is 0 Å². The van der Waals surface area contributed by atoms with Crippen molar-refractivity contribution >= 4 is 0 Å². The van der Waals surface area contributed by atoms with Crippen LogP contribution in [0.25, 0.3) is 0 Å². The number of rotatable bonds is 10. The Morgan fingerprint density at radius 3 is 1.81 bits per heavy atom. The van der Waals surface area contributed by atoms with E-state index in [2.05, 4.69) is 6.92 Å². The van der Waals surface area contributed by atoms with Gasteiger partial charge in [0.1, 0.15) is 0 Å². The zero-order chi connectivity index (χ0) is 12.4. The van der Waals surface area contributed by atoms with Gasteiger partial charge in [-0.25, -0.2) is 0 Å². The van der Waals surface area contributed by atoms with Gasteiger partial charge in [-0.2, -0.15) is 0 Å². The first kappa shape index (κ1) is 15.8. The summed E-state index contributed by atoms with van der Waals surface area (Å²) >= 11 is 0. The molecule has 0 bridgehead atoms. The Morgan fingerprint density at radius 2 is 1.44 bits per heavy atom. The molecule has 0 aromatic carbocycles. The minimum Gasteiger partial charge on any atom is -0.351 e. The van der Waals surface area contributed by atoms with E-state index in [0.717, 1.165) is 12.8 Å². The first-order valence-corrected chi connectivity index (χ1v) is 5.86. The number of hydrogen-bond acceptors (Lipinski definition) is 4. The Labute approximate surface area is 99.2 Å². The molecule has 0 saturated carbocycles. The monoisotopic (exact) mass is 234 g/mol. The maximum atomic E-state index is 5.44. The average molecular weight is 234 g/mol. The summed E-state index contributed by atoms with van der Waals surface area (Å²) in [6.45, 7) is 2.19. The van der Waals surface area contributed by atoms with Crippen LogP contribution in [0.15, 0.2) is 0 Å². The van der Waals surface area contributed by atoms with Crippen molar-refractivity contribution in [1.82, 2.24) is 0 Å². The van der Waals surface area contributed by atoms with Gasteiger partial charge in [-0.1, -0.05) is 26.2 Å². The van der Waals surface area contributed by atoms with E-state index in [-0.39, 0.29) is 0 Å². The van der Waals surface area contributed by atoms with Gasteiger partial charge in [-0.15, -0.1) is 0 Å². The predicted octanol–water partition coefficient (Wildman–Crippen LogP) is 2.56. The molecular weight excluding hydrogens is 208 g/mol. The third-order valence-electron chi connectivity index (χ3n) is 2.86. The molecular formula is C12H26O4. The molecule has 98 valence electrons. The topological polar surface area (TPSA) is 36.9 Å². The molecule has 0 N–H and O–H groups in total. The SMILES string of the molecule is CCCCCCC(OC)(OC)C(OC)OC. The molecule has 0 aliphatic rings. The quantitative estimate of drug-likeness (QED) is 0.430. The van der Waals surface area contributed by atoms with Crippen molar-refractivity contribution in [2.75, 3.05) is 28.4 Å². The number of unbranched alkanes of at least 4 members (excludes halogenated alkanes) is 3. The van der Waals surface area contributed by atoms with E-state index in [1.165, 1.54) is 19.3 Å². The van der Waals surface area contributed by atoms with Crippen LogP contribution in [0, 0.1) is 0 Å². The number of methoxy groups -OCH3 is 4. The summed E-state index contributed by atoms with van der Waals surface area (Å²) in [7, 11) is 6.42. The molecule has 0 spiro atoms. The molecule has 0 amide bonds. The lowest BCUT2D eigenvalue weighted by atomic mass is 10.1. The molecule has 0 aromatic heterocycles. The molecule has 0 fully saturated rings. The molecule has 0 rings (SSSR count). The lowest BCUT2D eigenvalue weighted by Crippen LogP contribution is -2.48. The minimum absolute atomic E-state index is 0.496. The van der Waals surface area contributed by atoms with Gasteiger partial charge in [0.05, 0.1) is 0 Å². The highest BCUT2D eigenvalue weighted by atomic mass is 16.8. The molecule has 0 aliphatic carbocycles. The van der Waals surface area contributed by atoms with Gasteiger partial charge in [0.25, 0.3) is 0 Å². The lowest BCUT2D eigenvalue weighted by Gasteiger charge is -2.36. The molecule has 0 aliphatic heterocycles. The average Bonchev–Trinajstić information content (AvgIpc) is 2.33. The fraction of sp³-hybridized carbons (Fsp3) is 1.00. The fourth-order valence-electron chi connectivity index (χ4n) is 1.85. The first-order valence-electron chi connectivity index (χ1n) is 5.86. The van der Waals surface area contributed by atoms with E-state index >= 15 is 0 Å². The van der Waals surface area contributed by atoms with Crippen molar-refractivity contribution < 1.29 is 18.9 Å². The molecule has 16 heavy (non-hydrogen) atoms. The van der Waals surface area contributed by atoms with Crippen LogP contribution in [0.1, 0.15) is 39.0 Å². The van der Waals surface area contributed by atoms with Crippen molar-refractivity contribution in [3.8, 4) is 0 Å². The summed E-state index contributed by atoms with van der Waals surface area (Å²) < 4.78 is 21.3. The summed E-state index contributed by atoms with van der Waals surface area (Å²) in [4.78, 5) is 0. The molecule has 0 saturated heterocycles. The van der Waals surface area contributed by atoms with Gasteiger partial charge in [0, 0.05) is 34.9 Å². The molecule has 0 radical (unpaired) electrons. The highest BCUT2D eigenvalue weighted by Crippen LogP contribution is 2.26. The number of hydrogen-bond donors (Lipinski definition) is 0. The predicted molar refractivity (Wildman–Crippen MR) is 63.3 cm³/mol. The van der Waals surface area contributed by atoms with E-state index in [0.29, 0.717) is 0 Å². The Kier molecular flexibility index (Phi) is 8.84. The summed E-state index contributed by atoms with van der Waals surface area (Å²) in [5, 5.41) is 0. The molecule has 0 atom stereocenters. The van der Waals surface area contributed by atoms with Gasteiger partial charge >= 0.3 is 0 Å². The summed E-state index contributed by atoms with van der Waals surface area (Å²) in [6, 6.07) is 0. The van der Waals surface area contributed by atoms with Crippen LogP contribution in [0.2, 0.25) is 0 Å². The van der Waals surface area contributed by atoms with Gasteiger partial charge < -0.3 is 18.9 Å². The van der Waals surface area contributed by atoms with Crippen molar-refractivity contribution in [3.63, 3.8) is 0 Å². The Hall–Kier alpha value is -0.160. The maximum absolute atomic E-state index is 5.44. The van der Waals surface area contributed by atoms with Gasteiger partial charge in [0.2, 0.25) is 12.1 Å². The smallest absolute Gasteiger partial charge is 0.220 e. The maximum Gasteiger partial charge on any atom is 0.220 e. The Morgan fingerprint density at radius 1 is 0.875 bits per heavy atom. The zero-order valence-electron chi connectivity index (χ0n) is 11.2. The molecule has 4 nitrogen and oxygen atoms in total. The Balaban J connectivity index is 4.30. The van der Waals surface area contributed by atoms with Gasteiger partial charge in [-0.3, -0.25) is 0 Å². The summed E-state index contributed by atoms with van der Waals surface area (Å²) in [5.41, 5.74) is 0.